The molecule has 0 aromatic heterocycles. The van der Waals surface area contributed by atoms with E-state index in [0.717, 1.165) is 10.2 Å². The zero-order valence-corrected chi connectivity index (χ0v) is 22.0. The van der Waals surface area contributed by atoms with Crippen LogP contribution in [0.15, 0.2) is 59.1 Å². The number of piperidine rings is 1. The number of likely N-dealkylation sites (tertiary alicyclic amines) is 1. The van der Waals surface area contributed by atoms with Gasteiger partial charge in [-0.2, -0.15) is 0 Å². The van der Waals surface area contributed by atoms with Gasteiger partial charge in [-0.05, 0) is 49.6 Å². The molecule has 10 heteroatoms. The summed E-state index contributed by atoms with van der Waals surface area (Å²) in [5.74, 6) is -0.249. The van der Waals surface area contributed by atoms with Gasteiger partial charge in [0.1, 0.15) is 12.1 Å². The number of carbonyl (C=O) groups is 3. The van der Waals surface area contributed by atoms with E-state index in [-0.39, 0.29) is 24.4 Å². The second-order valence-corrected chi connectivity index (χ2v) is 9.98. The first-order valence-corrected chi connectivity index (χ1v) is 12.9. The molecule has 0 unspecified atom stereocenters. The average Bonchev–Trinajstić information content (AvgIpc) is 3.13. The molecular weight excluding hydrogens is 526 g/mol. The van der Waals surface area contributed by atoms with Crippen LogP contribution < -0.4 is 15.5 Å². The molecule has 4 rings (SSSR count). The predicted molar refractivity (Wildman–Crippen MR) is 142 cm³/mol. The molecule has 2 aliphatic heterocycles. The summed E-state index contributed by atoms with van der Waals surface area (Å²) in [6.45, 7) is 2.28. The molecule has 2 aliphatic rings. The van der Waals surface area contributed by atoms with E-state index in [0.29, 0.717) is 57.9 Å². The number of anilines is 2. The molecule has 36 heavy (non-hydrogen) atoms. The fourth-order valence-electron chi connectivity index (χ4n) is 4.84. The van der Waals surface area contributed by atoms with Crippen molar-refractivity contribution in [3.63, 3.8) is 0 Å². The first-order chi connectivity index (χ1) is 17.4. The van der Waals surface area contributed by atoms with E-state index < -0.39 is 5.54 Å². The Labute approximate surface area is 219 Å². The molecule has 2 fully saturated rings. The van der Waals surface area contributed by atoms with Crippen molar-refractivity contribution in [2.75, 3.05) is 56.8 Å². The van der Waals surface area contributed by atoms with Crippen molar-refractivity contribution < 1.29 is 19.1 Å². The van der Waals surface area contributed by atoms with Crippen LogP contribution in [0.25, 0.3) is 0 Å². The van der Waals surface area contributed by atoms with Gasteiger partial charge in [0.15, 0.2) is 0 Å². The van der Waals surface area contributed by atoms with Gasteiger partial charge in [0.2, 0.25) is 5.91 Å². The molecule has 192 valence electrons. The number of benzene rings is 2. The molecule has 9 nitrogen and oxygen atoms in total. The molecule has 2 heterocycles. The number of para-hydroxylation sites is 1. The van der Waals surface area contributed by atoms with E-state index in [9.17, 15) is 14.4 Å². The van der Waals surface area contributed by atoms with Crippen LogP contribution in [0.1, 0.15) is 19.3 Å². The molecule has 1 spiro atoms. The Bertz CT molecular complexity index is 1080. The monoisotopic (exact) mass is 557 g/mol. The highest BCUT2D eigenvalue weighted by Gasteiger charge is 2.54. The highest BCUT2D eigenvalue weighted by atomic mass is 79.9. The largest absolute Gasteiger partial charge is 0.385 e. The third kappa shape index (κ3) is 5.82. The Hall–Kier alpha value is -3.11. The molecule has 2 saturated heterocycles. The van der Waals surface area contributed by atoms with E-state index in [1.807, 2.05) is 54.6 Å². The molecular formula is C26H32BrN5O4. The lowest BCUT2D eigenvalue weighted by molar-refractivity contribution is -0.137. The van der Waals surface area contributed by atoms with E-state index in [1.54, 1.807) is 16.9 Å². The van der Waals surface area contributed by atoms with Crippen LogP contribution in [-0.2, 0) is 14.3 Å². The minimum Gasteiger partial charge on any atom is -0.385 e. The number of hydrogen-bond acceptors (Lipinski definition) is 5. The number of halogens is 1. The third-order valence-corrected chi connectivity index (χ3v) is 7.21. The van der Waals surface area contributed by atoms with Crippen LogP contribution in [-0.4, -0.2) is 79.7 Å². The summed E-state index contributed by atoms with van der Waals surface area (Å²) in [7, 11) is 1.62. The number of hydrogen-bond donors (Lipinski definition) is 2. The first-order valence-electron chi connectivity index (χ1n) is 12.1. The molecule has 2 aromatic rings. The van der Waals surface area contributed by atoms with Crippen molar-refractivity contribution in [2.24, 2.45) is 0 Å². The molecule has 0 radical (unpaired) electrons. The quantitative estimate of drug-likeness (QED) is 0.486. The molecule has 2 N–H and O–H groups in total. The van der Waals surface area contributed by atoms with Crippen molar-refractivity contribution in [2.45, 2.75) is 24.8 Å². The number of nitrogens with one attached hydrogen (secondary N) is 2. The Morgan fingerprint density at radius 2 is 1.83 bits per heavy atom. The van der Waals surface area contributed by atoms with Gasteiger partial charge in [-0.25, -0.2) is 4.79 Å². The van der Waals surface area contributed by atoms with Crippen molar-refractivity contribution in [1.82, 2.24) is 15.1 Å². The topological polar surface area (TPSA) is 94.2 Å². The van der Waals surface area contributed by atoms with Gasteiger partial charge >= 0.3 is 6.03 Å². The fourth-order valence-corrected chi connectivity index (χ4v) is 5.24. The second kappa shape index (κ2) is 11.7. The van der Waals surface area contributed by atoms with Gasteiger partial charge in [-0.3, -0.25) is 9.59 Å². The van der Waals surface area contributed by atoms with Gasteiger partial charge in [0.25, 0.3) is 5.91 Å². The Kier molecular flexibility index (Phi) is 8.48. The van der Waals surface area contributed by atoms with Gasteiger partial charge in [0.05, 0.1) is 6.67 Å². The van der Waals surface area contributed by atoms with Crippen LogP contribution in [0, 0.1) is 0 Å². The van der Waals surface area contributed by atoms with Crippen molar-refractivity contribution in [1.29, 1.82) is 0 Å². The lowest BCUT2D eigenvalue weighted by Gasteiger charge is -2.43. The summed E-state index contributed by atoms with van der Waals surface area (Å²) < 4.78 is 5.90. The molecule has 0 atom stereocenters. The van der Waals surface area contributed by atoms with E-state index in [2.05, 4.69) is 31.5 Å². The van der Waals surface area contributed by atoms with Crippen LogP contribution in [0.4, 0.5) is 16.2 Å². The summed E-state index contributed by atoms with van der Waals surface area (Å²) in [6.07, 6.45) is 1.69. The minimum atomic E-state index is -0.787. The highest BCUT2D eigenvalue weighted by Crippen LogP contribution is 2.39. The van der Waals surface area contributed by atoms with Gasteiger partial charge in [-0.1, -0.05) is 40.2 Å². The van der Waals surface area contributed by atoms with Crippen LogP contribution in [0.3, 0.4) is 0 Å². The third-order valence-electron chi connectivity index (χ3n) is 6.72. The Morgan fingerprint density at radius 3 is 2.53 bits per heavy atom. The molecule has 4 amide bonds. The van der Waals surface area contributed by atoms with E-state index >= 15 is 0 Å². The van der Waals surface area contributed by atoms with E-state index in [1.165, 1.54) is 0 Å². The lowest BCUT2D eigenvalue weighted by Crippen LogP contribution is -2.58. The molecule has 0 bridgehead atoms. The smallest absolute Gasteiger partial charge is 0.321 e. The number of carbonyl (C=O) groups excluding carboxylic acids is 3. The maximum atomic E-state index is 13.7. The maximum absolute atomic E-state index is 13.7. The minimum absolute atomic E-state index is 0.00395. The normalized spacial score (nSPS) is 16.9. The van der Waals surface area contributed by atoms with Gasteiger partial charge < -0.3 is 30.1 Å². The van der Waals surface area contributed by atoms with Crippen LogP contribution in [0.2, 0.25) is 0 Å². The number of urea groups is 1. The lowest BCUT2D eigenvalue weighted by atomic mass is 9.85. The Balaban J connectivity index is 1.45. The van der Waals surface area contributed by atoms with Crippen molar-refractivity contribution in [3.05, 3.63) is 59.1 Å². The highest BCUT2D eigenvalue weighted by molar-refractivity contribution is 9.10. The van der Waals surface area contributed by atoms with Gasteiger partial charge in [-0.15, -0.1) is 0 Å². The Morgan fingerprint density at radius 1 is 1.08 bits per heavy atom. The van der Waals surface area contributed by atoms with Crippen LogP contribution in [0.5, 0.6) is 0 Å². The zero-order chi connectivity index (χ0) is 25.5. The predicted octanol–water partition coefficient (Wildman–Crippen LogP) is 3.27. The standard InChI is InChI=1S/C26H32BrN5O4/c1-36-16-6-13-28-23(33)18-31-19-32(22-9-3-2-4-10-22)26(24(31)34)11-14-30(15-12-26)25(35)29-21-8-5-7-20(27)17-21/h2-5,7-10,17H,6,11-16,18-19H2,1H3,(H,28,33)(H,29,35). The molecule has 0 aliphatic carbocycles. The van der Waals surface area contributed by atoms with E-state index in [4.69, 9.17) is 4.74 Å². The van der Waals surface area contributed by atoms with Crippen molar-refractivity contribution >= 4 is 45.2 Å². The van der Waals surface area contributed by atoms with Crippen LogP contribution >= 0.6 is 15.9 Å². The zero-order valence-electron chi connectivity index (χ0n) is 20.4. The number of amides is 4. The molecule has 2 aromatic carbocycles. The average molecular weight is 558 g/mol. The summed E-state index contributed by atoms with van der Waals surface area (Å²) >= 11 is 3.42. The SMILES string of the molecule is COCCCNC(=O)CN1CN(c2ccccc2)C2(CCN(C(=O)Nc3cccc(Br)c3)CC2)C1=O. The summed E-state index contributed by atoms with van der Waals surface area (Å²) in [4.78, 5) is 44.6. The number of rotatable bonds is 8. The summed E-state index contributed by atoms with van der Waals surface area (Å²) in [5, 5.41) is 5.80. The number of nitrogens with zero attached hydrogens (tertiary/aromatic N) is 3. The molecule has 0 saturated carbocycles. The first kappa shape index (κ1) is 26.0. The number of methoxy groups -OCH3 is 1. The summed E-state index contributed by atoms with van der Waals surface area (Å²) in [5.41, 5.74) is 0.852. The van der Waals surface area contributed by atoms with Gasteiger partial charge in [0, 0.05) is 49.2 Å². The maximum Gasteiger partial charge on any atom is 0.321 e. The number of ether oxygens (including phenoxy) is 1. The second-order valence-electron chi connectivity index (χ2n) is 9.06. The van der Waals surface area contributed by atoms with Crippen molar-refractivity contribution in [3.8, 4) is 0 Å². The fraction of sp³-hybridized carbons (Fsp3) is 0.423. The summed E-state index contributed by atoms with van der Waals surface area (Å²) in [6, 6.07) is 17.0.